The lowest BCUT2D eigenvalue weighted by atomic mass is 10.1. The summed E-state index contributed by atoms with van der Waals surface area (Å²) in [6.07, 6.45) is -0.107. The van der Waals surface area contributed by atoms with E-state index in [1.54, 1.807) is 24.3 Å². The second kappa shape index (κ2) is 9.30. The number of carbonyl (C=O) groups excluding carboxylic acids is 2. The van der Waals surface area contributed by atoms with Gasteiger partial charge in [0.1, 0.15) is 34.5 Å². The fraction of sp³-hybridized carbons (Fsp3) is 0.167. The average Bonchev–Trinajstić information content (AvgIpc) is 2.71. The normalized spacial score (nSPS) is 10.6. The van der Waals surface area contributed by atoms with Gasteiger partial charge in [-0.25, -0.2) is 0 Å². The van der Waals surface area contributed by atoms with Crippen molar-refractivity contribution in [1.82, 2.24) is 0 Å². The first-order valence-electron chi connectivity index (χ1n) is 9.66. The molecule has 0 aromatic heterocycles. The van der Waals surface area contributed by atoms with E-state index in [4.69, 9.17) is 9.47 Å². The molecule has 4 N–H and O–H groups in total. The van der Waals surface area contributed by atoms with E-state index in [1.807, 2.05) is 0 Å². The number of phenols is 4. The van der Waals surface area contributed by atoms with Crippen molar-refractivity contribution in [3.8, 4) is 34.5 Å². The van der Waals surface area contributed by atoms with Gasteiger partial charge in [-0.1, -0.05) is 24.3 Å². The van der Waals surface area contributed by atoms with Crippen molar-refractivity contribution in [1.29, 1.82) is 0 Å². The van der Waals surface area contributed by atoms with Crippen LogP contribution in [0.5, 0.6) is 34.5 Å². The molecule has 0 bridgehead atoms. The summed E-state index contributed by atoms with van der Waals surface area (Å²) in [7, 11) is 0. The van der Waals surface area contributed by atoms with Crippen LogP contribution >= 0.6 is 0 Å². The molecule has 8 nitrogen and oxygen atoms in total. The molecule has 0 saturated heterocycles. The third-order valence-electron chi connectivity index (χ3n) is 4.84. The van der Waals surface area contributed by atoms with Crippen molar-refractivity contribution in [2.24, 2.45) is 0 Å². The Morgan fingerprint density at radius 1 is 0.625 bits per heavy atom. The first-order chi connectivity index (χ1) is 15.1. The van der Waals surface area contributed by atoms with Gasteiger partial charge in [0.15, 0.2) is 0 Å². The van der Waals surface area contributed by atoms with Gasteiger partial charge in [-0.05, 0) is 25.0 Å². The van der Waals surface area contributed by atoms with Crippen LogP contribution in [0, 0.1) is 13.8 Å². The molecule has 0 radical (unpaired) electrons. The Morgan fingerprint density at radius 2 is 0.906 bits per heavy atom. The van der Waals surface area contributed by atoms with Gasteiger partial charge in [0.05, 0.1) is 12.8 Å². The maximum absolute atomic E-state index is 12.1. The molecule has 0 unspecified atom stereocenters. The molecule has 0 amide bonds. The largest absolute Gasteiger partial charge is 0.507 e. The first-order valence-corrected chi connectivity index (χ1v) is 9.66. The topological polar surface area (TPSA) is 134 Å². The smallest absolute Gasteiger partial charge is 0.315 e. The van der Waals surface area contributed by atoms with E-state index in [0.717, 1.165) is 0 Å². The van der Waals surface area contributed by atoms with Crippen LogP contribution in [0.15, 0.2) is 48.5 Å². The average molecular weight is 438 g/mol. The zero-order chi connectivity index (χ0) is 23.4. The second-order valence-corrected chi connectivity index (χ2v) is 7.29. The van der Waals surface area contributed by atoms with Crippen LogP contribution in [0.2, 0.25) is 0 Å². The summed E-state index contributed by atoms with van der Waals surface area (Å²) in [6, 6.07) is 11.6. The summed E-state index contributed by atoms with van der Waals surface area (Å²) in [5.41, 5.74) is 1.85. The van der Waals surface area contributed by atoms with Crippen LogP contribution < -0.4 is 9.47 Å². The van der Waals surface area contributed by atoms with Gasteiger partial charge < -0.3 is 29.9 Å². The quantitative estimate of drug-likeness (QED) is 0.340. The summed E-state index contributed by atoms with van der Waals surface area (Å²) in [5, 5.41) is 38.8. The third-order valence-corrected chi connectivity index (χ3v) is 4.84. The van der Waals surface area contributed by atoms with Crippen LogP contribution in [-0.4, -0.2) is 32.4 Å². The molecule has 0 aliphatic heterocycles. The standard InChI is InChI=1S/C24H22O8/c1-13-19(25)9-17(10-20(13)26)31-23(29)7-15-3-5-16(6-4-15)8-24(30)32-18-11-21(27)14(2)22(28)12-18/h3-6,9-12,25-28H,7-8H2,1-2H3. The van der Waals surface area contributed by atoms with Gasteiger partial charge in [-0.2, -0.15) is 0 Å². The summed E-state index contributed by atoms with van der Waals surface area (Å²) >= 11 is 0. The summed E-state index contributed by atoms with van der Waals surface area (Å²) in [6.45, 7) is 3.06. The lowest BCUT2D eigenvalue weighted by Gasteiger charge is -2.09. The Bertz CT molecular complexity index is 1030. The summed E-state index contributed by atoms with van der Waals surface area (Å²) in [4.78, 5) is 24.3. The number of benzene rings is 3. The number of hydrogen-bond donors (Lipinski definition) is 4. The lowest BCUT2D eigenvalue weighted by molar-refractivity contribution is -0.134. The Hall–Kier alpha value is -4.20. The van der Waals surface area contributed by atoms with Crippen LogP contribution in [0.4, 0.5) is 0 Å². The minimum Gasteiger partial charge on any atom is -0.507 e. The molecule has 3 rings (SSSR count). The van der Waals surface area contributed by atoms with E-state index in [-0.39, 0.29) is 58.5 Å². The Morgan fingerprint density at radius 3 is 1.19 bits per heavy atom. The SMILES string of the molecule is Cc1c(O)cc(OC(=O)Cc2ccc(CC(=O)Oc3cc(O)c(C)c(O)c3)cc2)cc1O. The van der Waals surface area contributed by atoms with Crippen molar-refractivity contribution >= 4 is 11.9 Å². The number of ether oxygens (including phenoxy) is 2. The van der Waals surface area contributed by atoms with Crippen molar-refractivity contribution < 1.29 is 39.5 Å². The van der Waals surface area contributed by atoms with Gasteiger partial charge in [-0.15, -0.1) is 0 Å². The van der Waals surface area contributed by atoms with Crippen LogP contribution in [0.1, 0.15) is 22.3 Å². The van der Waals surface area contributed by atoms with Crippen LogP contribution in [-0.2, 0) is 22.4 Å². The predicted octanol–water partition coefficient (Wildman–Crippen LogP) is 3.42. The molecule has 0 fully saturated rings. The van der Waals surface area contributed by atoms with Crippen molar-refractivity contribution in [2.45, 2.75) is 26.7 Å². The fourth-order valence-electron chi connectivity index (χ4n) is 2.88. The van der Waals surface area contributed by atoms with Gasteiger partial charge in [0.2, 0.25) is 0 Å². The zero-order valence-corrected chi connectivity index (χ0v) is 17.5. The molecule has 0 aliphatic carbocycles. The highest BCUT2D eigenvalue weighted by Gasteiger charge is 2.13. The maximum atomic E-state index is 12.1. The Labute approximate surface area is 183 Å². The van der Waals surface area contributed by atoms with E-state index in [9.17, 15) is 30.0 Å². The number of esters is 2. The van der Waals surface area contributed by atoms with E-state index in [1.165, 1.54) is 38.1 Å². The van der Waals surface area contributed by atoms with Gasteiger partial charge >= 0.3 is 11.9 Å². The summed E-state index contributed by atoms with van der Waals surface area (Å²) in [5.74, 6) is -1.83. The highest BCUT2D eigenvalue weighted by Crippen LogP contribution is 2.32. The summed E-state index contributed by atoms with van der Waals surface area (Å²) < 4.78 is 10.3. The number of phenolic OH excluding ortho intramolecular Hbond substituents is 4. The number of carbonyl (C=O) groups is 2. The predicted molar refractivity (Wildman–Crippen MR) is 114 cm³/mol. The molecule has 3 aromatic carbocycles. The number of rotatable bonds is 6. The molecule has 32 heavy (non-hydrogen) atoms. The molecule has 0 spiro atoms. The highest BCUT2D eigenvalue weighted by atomic mass is 16.5. The zero-order valence-electron chi connectivity index (χ0n) is 17.5. The fourth-order valence-corrected chi connectivity index (χ4v) is 2.88. The maximum Gasteiger partial charge on any atom is 0.315 e. The van der Waals surface area contributed by atoms with Gasteiger partial charge in [0.25, 0.3) is 0 Å². The third kappa shape index (κ3) is 5.48. The molecule has 0 atom stereocenters. The number of hydrogen-bond acceptors (Lipinski definition) is 8. The lowest BCUT2D eigenvalue weighted by Crippen LogP contribution is -2.12. The van der Waals surface area contributed by atoms with Crippen LogP contribution in [0.3, 0.4) is 0 Å². The Kier molecular flexibility index (Phi) is 6.53. The van der Waals surface area contributed by atoms with Crippen molar-refractivity contribution in [2.75, 3.05) is 0 Å². The minimum absolute atomic E-state index is 0.0307. The first kappa shape index (κ1) is 22.5. The molecule has 8 heteroatoms. The monoisotopic (exact) mass is 438 g/mol. The molecule has 0 heterocycles. The van der Waals surface area contributed by atoms with E-state index in [2.05, 4.69) is 0 Å². The Balaban J connectivity index is 1.56. The van der Waals surface area contributed by atoms with Crippen molar-refractivity contribution in [3.63, 3.8) is 0 Å². The molecule has 0 saturated carbocycles. The molecular weight excluding hydrogens is 416 g/mol. The molecular formula is C24H22O8. The van der Waals surface area contributed by atoms with Gasteiger partial charge in [-0.3, -0.25) is 9.59 Å². The van der Waals surface area contributed by atoms with Crippen LogP contribution in [0.25, 0.3) is 0 Å². The molecule has 3 aromatic rings. The van der Waals surface area contributed by atoms with E-state index < -0.39 is 11.9 Å². The number of aromatic hydroxyl groups is 4. The minimum atomic E-state index is -0.584. The van der Waals surface area contributed by atoms with Crippen molar-refractivity contribution in [3.05, 3.63) is 70.8 Å². The molecule has 166 valence electrons. The highest BCUT2D eigenvalue weighted by molar-refractivity contribution is 5.77. The second-order valence-electron chi connectivity index (χ2n) is 7.29. The van der Waals surface area contributed by atoms with E-state index >= 15 is 0 Å². The molecule has 0 aliphatic rings. The van der Waals surface area contributed by atoms with E-state index in [0.29, 0.717) is 11.1 Å². The van der Waals surface area contributed by atoms with Gasteiger partial charge in [0, 0.05) is 35.4 Å².